The molecule has 0 aliphatic rings. The van der Waals surface area contributed by atoms with Gasteiger partial charge in [0, 0.05) is 18.1 Å². The second kappa shape index (κ2) is 9.14. The maximum absolute atomic E-state index is 12.4. The number of methoxy groups -OCH3 is 1. The molecule has 0 atom stereocenters. The molecule has 0 aliphatic heterocycles. The van der Waals surface area contributed by atoms with Crippen molar-refractivity contribution >= 4 is 45.0 Å². The molecule has 0 saturated carbocycles. The summed E-state index contributed by atoms with van der Waals surface area (Å²) in [6, 6.07) is 11.0. The second-order valence-corrected chi connectivity index (χ2v) is 8.87. The summed E-state index contributed by atoms with van der Waals surface area (Å²) in [4.78, 5) is -0.0520. The highest BCUT2D eigenvalue weighted by atomic mass is 35.5. The minimum atomic E-state index is -3.73. The van der Waals surface area contributed by atoms with Crippen molar-refractivity contribution < 1.29 is 13.2 Å². The Bertz CT molecular complexity index is 842. The number of thioether (sulfide) groups is 1. The lowest BCUT2D eigenvalue weighted by molar-refractivity contribution is 0.414. The second-order valence-electron chi connectivity index (χ2n) is 5.27. The number of aryl methyl sites for hydroxylation is 1. The summed E-state index contributed by atoms with van der Waals surface area (Å²) >= 11 is 13.7. The first-order chi connectivity index (χ1) is 11.9. The van der Waals surface area contributed by atoms with Crippen LogP contribution in [0.3, 0.4) is 0 Å². The molecule has 2 aromatic carbocycles. The maximum atomic E-state index is 12.4. The number of hydrogen-bond acceptors (Lipinski definition) is 4. The molecule has 0 aromatic heterocycles. The van der Waals surface area contributed by atoms with Crippen LogP contribution in [0.5, 0.6) is 5.75 Å². The fraction of sp³-hybridized carbons (Fsp3) is 0.294. The molecule has 0 aliphatic carbocycles. The lowest BCUT2D eigenvalue weighted by atomic mass is 10.1. The number of ether oxygens (including phenoxy) is 1. The summed E-state index contributed by atoms with van der Waals surface area (Å²) in [7, 11) is -2.29. The molecule has 0 spiro atoms. The molecule has 4 nitrogen and oxygen atoms in total. The zero-order valence-electron chi connectivity index (χ0n) is 13.9. The third-order valence-electron chi connectivity index (χ3n) is 3.58. The number of rotatable bonds is 8. The predicted octanol–water partition coefficient (Wildman–Crippen LogP) is 4.52. The number of sulfonamides is 1. The molecule has 25 heavy (non-hydrogen) atoms. The summed E-state index contributed by atoms with van der Waals surface area (Å²) in [5.74, 6) is 1.82. The van der Waals surface area contributed by atoms with Gasteiger partial charge in [-0.15, -0.1) is 0 Å². The van der Waals surface area contributed by atoms with Crippen LogP contribution in [0.4, 0.5) is 0 Å². The van der Waals surface area contributed by atoms with Crippen LogP contribution in [0.25, 0.3) is 0 Å². The highest BCUT2D eigenvalue weighted by molar-refractivity contribution is 7.98. The van der Waals surface area contributed by atoms with E-state index in [2.05, 4.69) is 23.8 Å². The van der Waals surface area contributed by atoms with Crippen LogP contribution in [0.15, 0.2) is 41.3 Å². The van der Waals surface area contributed by atoms with Crippen molar-refractivity contribution in [2.75, 3.05) is 19.4 Å². The van der Waals surface area contributed by atoms with Crippen molar-refractivity contribution in [3.63, 3.8) is 0 Å². The molecular weight excluding hydrogens is 401 g/mol. The number of hydrogen-bond donors (Lipinski definition) is 1. The lowest BCUT2D eigenvalue weighted by Crippen LogP contribution is -2.26. The van der Waals surface area contributed by atoms with Gasteiger partial charge in [-0.2, -0.15) is 11.8 Å². The Balaban J connectivity index is 1.92. The Morgan fingerprint density at radius 2 is 1.84 bits per heavy atom. The predicted molar refractivity (Wildman–Crippen MR) is 106 cm³/mol. The minimum Gasteiger partial charge on any atom is -0.495 e. The van der Waals surface area contributed by atoms with Crippen LogP contribution >= 0.6 is 35.0 Å². The first-order valence-electron chi connectivity index (χ1n) is 7.50. The quantitative estimate of drug-likeness (QED) is 0.638. The average Bonchev–Trinajstić information content (AvgIpc) is 2.58. The highest BCUT2D eigenvalue weighted by Crippen LogP contribution is 2.36. The number of nitrogens with one attached hydrogen (secondary N) is 1. The zero-order valence-corrected chi connectivity index (χ0v) is 17.0. The van der Waals surface area contributed by atoms with E-state index in [1.807, 2.05) is 12.1 Å². The van der Waals surface area contributed by atoms with E-state index in [4.69, 9.17) is 27.9 Å². The van der Waals surface area contributed by atoms with E-state index in [1.54, 1.807) is 11.8 Å². The maximum Gasteiger partial charge on any atom is 0.242 e. The summed E-state index contributed by atoms with van der Waals surface area (Å²) in [5.41, 5.74) is 2.48. The smallest absolute Gasteiger partial charge is 0.242 e. The molecule has 0 bridgehead atoms. The van der Waals surface area contributed by atoms with E-state index in [9.17, 15) is 8.42 Å². The summed E-state index contributed by atoms with van der Waals surface area (Å²) in [6.07, 6.45) is 0. The lowest BCUT2D eigenvalue weighted by Gasteiger charge is -2.11. The van der Waals surface area contributed by atoms with E-state index in [0.29, 0.717) is 18.0 Å². The van der Waals surface area contributed by atoms with Crippen LogP contribution in [0, 0.1) is 6.92 Å². The van der Waals surface area contributed by atoms with Crippen LogP contribution in [0.1, 0.15) is 11.1 Å². The molecule has 0 amide bonds. The molecule has 0 unspecified atom stereocenters. The SMILES string of the molecule is COc1ccc(S(=O)(=O)NCCSCc2ccccc2C)c(Cl)c1Cl. The normalized spacial score (nSPS) is 11.5. The molecular formula is C17H19Cl2NO3S2. The van der Waals surface area contributed by atoms with Crippen LogP contribution in [-0.4, -0.2) is 27.8 Å². The van der Waals surface area contributed by atoms with Gasteiger partial charge in [0.25, 0.3) is 0 Å². The van der Waals surface area contributed by atoms with Gasteiger partial charge in [-0.05, 0) is 30.2 Å². The Morgan fingerprint density at radius 3 is 2.52 bits per heavy atom. The van der Waals surface area contributed by atoms with Crippen molar-refractivity contribution in [2.24, 2.45) is 0 Å². The van der Waals surface area contributed by atoms with Gasteiger partial charge in [0.1, 0.15) is 15.7 Å². The Kier molecular flexibility index (Phi) is 7.46. The van der Waals surface area contributed by atoms with Crippen molar-refractivity contribution in [3.8, 4) is 5.75 Å². The van der Waals surface area contributed by atoms with Gasteiger partial charge < -0.3 is 4.74 Å². The fourth-order valence-electron chi connectivity index (χ4n) is 2.16. The zero-order chi connectivity index (χ0) is 18.4. The van der Waals surface area contributed by atoms with Crippen molar-refractivity contribution in [1.82, 2.24) is 4.72 Å². The third kappa shape index (κ3) is 5.28. The monoisotopic (exact) mass is 419 g/mol. The van der Waals surface area contributed by atoms with Gasteiger partial charge in [-0.25, -0.2) is 13.1 Å². The third-order valence-corrected chi connectivity index (χ3v) is 7.07. The molecule has 136 valence electrons. The van der Waals surface area contributed by atoms with Gasteiger partial charge >= 0.3 is 0 Å². The van der Waals surface area contributed by atoms with Crippen molar-refractivity contribution in [1.29, 1.82) is 0 Å². The van der Waals surface area contributed by atoms with E-state index in [0.717, 1.165) is 5.75 Å². The topological polar surface area (TPSA) is 55.4 Å². The van der Waals surface area contributed by atoms with E-state index in [1.165, 1.54) is 30.4 Å². The molecule has 2 aromatic rings. The van der Waals surface area contributed by atoms with Gasteiger partial charge in [0.2, 0.25) is 10.0 Å². The summed E-state index contributed by atoms with van der Waals surface area (Å²) in [5, 5.41) is 0.0436. The standard InChI is InChI=1S/C17H19Cl2NO3S2/c1-12-5-3-4-6-13(12)11-24-10-9-20-25(21,22)15-8-7-14(23-2)16(18)17(15)19/h3-8,20H,9-11H2,1-2H3. The number of benzene rings is 2. The van der Waals surface area contributed by atoms with Crippen LogP contribution in [0.2, 0.25) is 10.0 Å². The average molecular weight is 420 g/mol. The van der Waals surface area contributed by atoms with Crippen molar-refractivity contribution in [2.45, 2.75) is 17.6 Å². The molecule has 1 N–H and O–H groups in total. The Labute approximate surface area is 162 Å². The van der Waals surface area contributed by atoms with Gasteiger partial charge in [0.15, 0.2) is 0 Å². The molecule has 0 saturated heterocycles. The molecule has 0 fully saturated rings. The molecule has 2 rings (SSSR count). The highest BCUT2D eigenvalue weighted by Gasteiger charge is 2.21. The first-order valence-corrected chi connectivity index (χ1v) is 10.9. The van der Waals surface area contributed by atoms with Crippen LogP contribution < -0.4 is 9.46 Å². The van der Waals surface area contributed by atoms with Crippen LogP contribution in [-0.2, 0) is 15.8 Å². The van der Waals surface area contributed by atoms with Gasteiger partial charge in [-0.3, -0.25) is 0 Å². The van der Waals surface area contributed by atoms with E-state index < -0.39 is 10.0 Å². The molecule has 0 radical (unpaired) electrons. The van der Waals surface area contributed by atoms with Gasteiger partial charge in [-0.1, -0.05) is 47.5 Å². The minimum absolute atomic E-state index is 0.0407. The molecule has 8 heteroatoms. The molecule has 0 heterocycles. The Morgan fingerprint density at radius 1 is 1.12 bits per heavy atom. The van der Waals surface area contributed by atoms with Gasteiger partial charge in [0.05, 0.1) is 12.1 Å². The largest absolute Gasteiger partial charge is 0.495 e. The fourth-order valence-corrected chi connectivity index (χ4v) is 5.09. The van der Waals surface area contributed by atoms with Crippen molar-refractivity contribution in [3.05, 3.63) is 57.6 Å². The summed E-state index contributed by atoms with van der Waals surface area (Å²) in [6.45, 7) is 2.37. The van der Waals surface area contributed by atoms with E-state index >= 15 is 0 Å². The summed E-state index contributed by atoms with van der Waals surface area (Å²) < 4.78 is 32.3. The first kappa shape index (κ1) is 20.4. The van der Waals surface area contributed by atoms with E-state index in [-0.39, 0.29) is 14.9 Å². The number of halogens is 2. The Hall–Kier alpha value is -0.920.